The molecule has 0 amide bonds. The molecular formula is C20H12ClN5O3S. The maximum Gasteiger partial charge on any atom is 0.291 e. The van der Waals surface area contributed by atoms with Crippen molar-refractivity contribution in [2.45, 2.75) is 12.8 Å². The van der Waals surface area contributed by atoms with E-state index in [-0.39, 0.29) is 16.3 Å². The smallest absolute Gasteiger partial charge is 0.266 e. The maximum absolute atomic E-state index is 12.6. The van der Waals surface area contributed by atoms with Crippen molar-refractivity contribution in [3.05, 3.63) is 95.0 Å². The Hall–Kier alpha value is -3.61. The van der Waals surface area contributed by atoms with Gasteiger partial charge in [-0.1, -0.05) is 41.1 Å². The van der Waals surface area contributed by atoms with Crippen molar-refractivity contribution in [1.82, 2.24) is 14.6 Å². The van der Waals surface area contributed by atoms with Crippen molar-refractivity contribution in [3.63, 3.8) is 0 Å². The van der Waals surface area contributed by atoms with E-state index in [1.54, 1.807) is 24.3 Å². The van der Waals surface area contributed by atoms with Gasteiger partial charge in [0.1, 0.15) is 5.02 Å². The highest BCUT2D eigenvalue weighted by atomic mass is 35.5. The second-order valence-corrected chi connectivity index (χ2v) is 7.83. The highest BCUT2D eigenvalue weighted by molar-refractivity contribution is 7.15. The molecule has 0 aliphatic carbocycles. The van der Waals surface area contributed by atoms with Crippen LogP contribution in [0.15, 0.2) is 47.3 Å². The van der Waals surface area contributed by atoms with Crippen molar-refractivity contribution in [2.75, 3.05) is 0 Å². The molecule has 2 heterocycles. The van der Waals surface area contributed by atoms with Crippen LogP contribution in [0.5, 0.6) is 0 Å². The van der Waals surface area contributed by atoms with Crippen LogP contribution in [0.4, 0.5) is 5.69 Å². The molecule has 148 valence electrons. The first-order valence-electron chi connectivity index (χ1n) is 8.78. The fourth-order valence-electron chi connectivity index (χ4n) is 2.89. The van der Waals surface area contributed by atoms with Gasteiger partial charge in [0.2, 0.25) is 4.96 Å². The number of halogens is 1. The number of fused-ring (bicyclic) bond motifs is 1. The zero-order chi connectivity index (χ0) is 21.3. The minimum Gasteiger partial charge on any atom is -0.266 e. The number of hydrogen-bond acceptors (Lipinski definition) is 7. The normalized spacial score (nSPS) is 11.7. The second-order valence-electron chi connectivity index (χ2n) is 6.41. The summed E-state index contributed by atoms with van der Waals surface area (Å²) in [5.41, 5.74) is 1.60. The first-order chi connectivity index (χ1) is 14.4. The van der Waals surface area contributed by atoms with Crippen molar-refractivity contribution < 1.29 is 4.92 Å². The number of nitro groups is 1. The summed E-state index contributed by atoms with van der Waals surface area (Å²) >= 11 is 6.99. The highest BCUT2D eigenvalue weighted by Crippen LogP contribution is 2.25. The topological polar surface area (TPSA) is 114 Å². The van der Waals surface area contributed by atoms with E-state index in [9.17, 15) is 14.9 Å². The molecular weight excluding hydrogens is 426 g/mol. The monoisotopic (exact) mass is 437 g/mol. The van der Waals surface area contributed by atoms with Crippen LogP contribution in [-0.2, 0) is 12.8 Å². The Morgan fingerprint density at radius 2 is 2.00 bits per heavy atom. The molecule has 4 rings (SSSR count). The molecule has 2 aromatic carbocycles. The van der Waals surface area contributed by atoms with Gasteiger partial charge in [0, 0.05) is 12.5 Å². The quantitative estimate of drug-likeness (QED) is 0.350. The zero-order valence-electron chi connectivity index (χ0n) is 15.3. The molecule has 0 N–H and O–H groups in total. The van der Waals surface area contributed by atoms with Crippen molar-refractivity contribution in [3.8, 4) is 6.07 Å². The van der Waals surface area contributed by atoms with Crippen LogP contribution in [0.3, 0.4) is 0 Å². The van der Waals surface area contributed by atoms with Gasteiger partial charge in [-0.05, 0) is 41.8 Å². The van der Waals surface area contributed by atoms with Crippen LogP contribution < -0.4 is 10.1 Å². The number of nitriles is 1. The largest absolute Gasteiger partial charge is 0.291 e. The molecule has 0 aliphatic heterocycles. The number of thiazole rings is 1. The second kappa shape index (κ2) is 8.02. The number of rotatable bonds is 5. The number of aryl methyl sites for hydroxylation is 2. The number of nitro benzene ring substituents is 1. The van der Waals surface area contributed by atoms with Crippen LogP contribution in [0, 0.1) is 21.4 Å². The van der Waals surface area contributed by atoms with Gasteiger partial charge in [0.25, 0.3) is 11.2 Å². The Labute approximate surface area is 178 Å². The molecule has 30 heavy (non-hydrogen) atoms. The Morgan fingerprint density at radius 1 is 1.23 bits per heavy atom. The average Bonchev–Trinajstić information content (AvgIpc) is 3.27. The van der Waals surface area contributed by atoms with E-state index in [1.807, 2.05) is 12.1 Å². The first kappa shape index (κ1) is 19.7. The Balaban J connectivity index is 1.58. The summed E-state index contributed by atoms with van der Waals surface area (Å²) in [6.07, 6.45) is 2.80. The predicted molar refractivity (Wildman–Crippen MR) is 113 cm³/mol. The molecule has 0 bridgehead atoms. The third-order valence-corrected chi connectivity index (χ3v) is 5.69. The maximum atomic E-state index is 12.6. The Kier molecular flexibility index (Phi) is 5.27. The fraction of sp³-hybridized carbons (Fsp3) is 0.100. The first-order valence-corrected chi connectivity index (χ1v) is 9.97. The van der Waals surface area contributed by atoms with Crippen LogP contribution in [0.2, 0.25) is 5.02 Å². The van der Waals surface area contributed by atoms with Crippen LogP contribution >= 0.6 is 22.9 Å². The molecule has 0 radical (unpaired) electrons. The van der Waals surface area contributed by atoms with E-state index >= 15 is 0 Å². The third-order valence-electron chi connectivity index (χ3n) is 4.41. The SMILES string of the molecule is N#Cc1ccc(CCc2nc3sc(=Cc4ccc(Cl)c([N+](=O)[O-])c4)c(=O)n3n2)cc1. The fourth-order valence-corrected chi connectivity index (χ4v) is 4.01. The van der Waals surface area contributed by atoms with Crippen molar-refractivity contribution >= 4 is 39.7 Å². The lowest BCUT2D eigenvalue weighted by molar-refractivity contribution is -0.384. The molecule has 0 fully saturated rings. The van der Waals surface area contributed by atoms with E-state index in [2.05, 4.69) is 16.2 Å². The predicted octanol–water partition coefficient (Wildman–Crippen LogP) is 2.92. The summed E-state index contributed by atoms with van der Waals surface area (Å²) in [5, 5.41) is 24.2. The van der Waals surface area contributed by atoms with E-state index in [0.717, 1.165) is 5.56 Å². The summed E-state index contributed by atoms with van der Waals surface area (Å²) in [7, 11) is 0. The number of benzene rings is 2. The molecule has 2 aromatic heterocycles. The van der Waals surface area contributed by atoms with Gasteiger partial charge in [-0.25, -0.2) is 4.98 Å². The summed E-state index contributed by atoms with van der Waals surface area (Å²) in [6.45, 7) is 0. The molecule has 0 unspecified atom stereocenters. The number of hydrogen-bond donors (Lipinski definition) is 0. The highest BCUT2D eigenvalue weighted by Gasteiger charge is 2.14. The molecule has 0 saturated carbocycles. The molecule has 4 aromatic rings. The van der Waals surface area contributed by atoms with Gasteiger partial charge in [-0.15, -0.1) is 5.10 Å². The van der Waals surface area contributed by atoms with Gasteiger partial charge in [-0.2, -0.15) is 9.78 Å². The summed E-state index contributed by atoms with van der Waals surface area (Å²) in [5.74, 6) is 0.552. The summed E-state index contributed by atoms with van der Waals surface area (Å²) in [6, 6.07) is 13.7. The van der Waals surface area contributed by atoms with E-state index < -0.39 is 4.92 Å². The number of aromatic nitrogens is 3. The minimum absolute atomic E-state index is 0.0362. The van der Waals surface area contributed by atoms with Crippen molar-refractivity contribution in [1.29, 1.82) is 5.26 Å². The standard InChI is InChI=1S/C20H12ClN5O3S/c21-15-7-5-14(9-16(15)26(28)29)10-17-19(27)25-20(30-17)23-18(24-25)8-6-12-1-3-13(11-22)4-2-12/h1-5,7,9-10H,6,8H2. The Morgan fingerprint density at radius 3 is 2.67 bits per heavy atom. The van der Waals surface area contributed by atoms with Gasteiger partial charge < -0.3 is 0 Å². The molecule has 0 aliphatic rings. The van der Waals surface area contributed by atoms with E-state index in [4.69, 9.17) is 16.9 Å². The lowest BCUT2D eigenvalue weighted by Crippen LogP contribution is -2.23. The average molecular weight is 438 g/mol. The lowest BCUT2D eigenvalue weighted by Gasteiger charge is -1.98. The molecule has 0 atom stereocenters. The van der Waals surface area contributed by atoms with E-state index in [1.165, 1.54) is 28.0 Å². The molecule has 0 saturated heterocycles. The minimum atomic E-state index is -0.569. The number of nitrogens with zero attached hydrogens (tertiary/aromatic N) is 5. The van der Waals surface area contributed by atoms with Gasteiger partial charge in [0.15, 0.2) is 5.82 Å². The third kappa shape index (κ3) is 3.91. The summed E-state index contributed by atoms with van der Waals surface area (Å²) in [4.78, 5) is 28.0. The Bertz CT molecular complexity index is 1420. The van der Waals surface area contributed by atoms with Crippen molar-refractivity contribution in [2.24, 2.45) is 0 Å². The van der Waals surface area contributed by atoms with E-state index in [0.29, 0.717) is 39.3 Å². The molecule has 10 heteroatoms. The van der Waals surface area contributed by atoms with Crippen LogP contribution in [0.25, 0.3) is 11.0 Å². The molecule has 8 nitrogen and oxygen atoms in total. The van der Waals surface area contributed by atoms with Gasteiger partial charge >= 0.3 is 0 Å². The van der Waals surface area contributed by atoms with Gasteiger partial charge in [0.05, 0.1) is 21.1 Å². The molecule has 0 spiro atoms. The van der Waals surface area contributed by atoms with Crippen LogP contribution in [-0.4, -0.2) is 19.5 Å². The van der Waals surface area contributed by atoms with Crippen LogP contribution in [0.1, 0.15) is 22.5 Å². The lowest BCUT2D eigenvalue weighted by atomic mass is 10.1. The summed E-state index contributed by atoms with van der Waals surface area (Å²) < 4.78 is 1.62. The zero-order valence-corrected chi connectivity index (χ0v) is 16.9. The van der Waals surface area contributed by atoms with Gasteiger partial charge in [-0.3, -0.25) is 14.9 Å².